The van der Waals surface area contributed by atoms with Gasteiger partial charge in [0.2, 0.25) is 0 Å². The summed E-state index contributed by atoms with van der Waals surface area (Å²) in [7, 11) is 0. The Morgan fingerprint density at radius 1 is 0.824 bits per heavy atom. The smallest absolute Gasteiger partial charge is 0.0181 e. The van der Waals surface area contributed by atoms with Crippen molar-refractivity contribution in [2.45, 2.75) is 13.3 Å². The molecule has 3 rings (SSSR count). The van der Waals surface area contributed by atoms with Gasteiger partial charge in [0.15, 0.2) is 0 Å². The van der Waals surface area contributed by atoms with Gasteiger partial charge in [0.05, 0.1) is 0 Å². The van der Waals surface area contributed by atoms with Crippen molar-refractivity contribution in [3.05, 3.63) is 58.6 Å². The Balaban J connectivity index is 2.40. The Morgan fingerprint density at radius 2 is 1.47 bits per heavy atom. The van der Waals surface area contributed by atoms with E-state index >= 15 is 0 Å². The van der Waals surface area contributed by atoms with Crippen LogP contribution in [0, 0.1) is 0 Å². The maximum absolute atomic E-state index is 3.52. The third-order valence-electron chi connectivity index (χ3n) is 3.27. The largest absolute Gasteiger partial charge is 0.0613 e. The minimum atomic E-state index is 1.09. The summed E-state index contributed by atoms with van der Waals surface area (Å²) in [6.45, 7) is 2.19. The van der Waals surface area contributed by atoms with E-state index in [1.165, 1.54) is 27.1 Å². The Kier molecular flexibility index (Phi) is 2.64. The van der Waals surface area contributed by atoms with E-state index in [0.29, 0.717) is 0 Å². The number of fused-ring (bicyclic) bond motifs is 3. The fourth-order valence-electron chi connectivity index (χ4n) is 2.31. The molecule has 0 fully saturated rings. The van der Waals surface area contributed by atoms with Crippen molar-refractivity contribution in [2.24, 2.45) is 0 Å². The number of benzene rings is 3. The zero-order chi connectivity index (χ0) is 11.8. The van der Waals surface area contributed by atoms with Crippen LogP contribution in [-0.2, 0) is 6.42 Å². The van der Waals surface area contributed by atoms with Crippen molar-refractivity contribution in [3.63, 3.8) is 0 Å². The second kappa shape index (κ2) is 4.15. The Morgan fingerprint density at radius 3 is 2.18 bits per heavy atom. The summed E-state index contributed by atoms with van der Waals surface area (Å²) < 4.78 is 1.13. The van der Waals surface area contributed by atoms with Gasteiger partial charge in [-0.05, 0) is 45.7 Å². The van der Waals surface area contributed by atoms with Crippen LogP contribution in [0.3, 0.4) is 0 Å². The van der Waals surface area contributed by atoms with Crippen molar-refractivity contribution >= 4 is 37.5 Å². The van der Waals surface area contributed by atoms with Gasteiger partial charge in [-0.25, -0.2) is 0 Å². The number of halogens is 1. The molecular formula is C16H13Br. The summed E-state index contributed by atoms with van der Waals surface area (Å²) in [4.78, 5) is 0. The van der Waals surface area contributed by atoms with Gasteiger partial charge in [-0.1, -0.05) is 59.3 Å². The van der Waals surface area contributed by atoms with E-state index in [1.807, 2.05) is 0 Å². The molecule has 0 aromatic heterocycles. The van der Waals surface area contributed by atoms with Crippen molar-refractivity contribution in [2.75, 3.05) is 0 Å². The van der Waals surface area contributed by atoms with E-state index in [9.17, 15) is 0 Å². The molecule has 0 spiro atoms. The third kappa shape index (κ3) is 1.85. The van der Waals surface area contributed by atoms with Crippen LogP contribution in [0.1, 0.15) is 12.5 Å². The van der Waals surface area contributed by atoms with Crippen LogP contribution in [-0.4, -0.2) is 0 Å². The number of rotatable bonds is 1. The van der Waals surface area contributed by atoms with Gasteiger partial charge >= 0.3 is 0 Å². The van der Waals surface area contributed by atoms with Crippen LogP contribution >= 0.6 is 15.9 Å². The zero-order valence-electron chi connectivity index (χ0n) is 9.70. The molecule has 17 heavy (non-hydrogen) atoms. The monoisotopic (exact) mass is 284 g/mol. The molecule has 0 saturated carbocycles. The van der Waals surface area contributed by atoms with E-state index in [0.717, 1.165) is 10.9 Å². The molecule has 0 unspecified atom stereocenters. The summed E-state index contributed by atoms with van der Waals surface area (Å²) in [5, 5.41) is 5.29. The predicted octanol–water partition coefficient (Wildman–Crippen LogP) is 5.32. The first kappa shape index (κ1) is 10.8. The third-order valence-corrected chi connectivity index (χ3v) is 3.76. The lowest BCUT2D eigenvalue weighted by Crippen LogP contribution is -1.82. The van der Waals surface area contributed by atoms with Crippen molar-refractivity contribution in [1.29, 1.82) is 0 Å². The first-order chi connectivity index (χ1) is 8.28. The van der Waals surface area contributed by atoms with Crippen LogP contribution in [0.2, 0.25) is 0 Å². The molecule has 0 amide bonds. The van der Waals surface area contributed by atoms with E-state index in [-0.39, 0.29) is 0 Å². The lowest BCUT2D eigenvalue weighted by Gasteiger charge is -2.06. The van der Waals surface area contributed by atoms with E-state index < -0.39 is 0 Å². The molecule has 0 radical (unpaired) electrons. The molecule has 0 atom stereocenters. The topological polar surface area (TPSA) is 0 Å². The standard InChI is InChI=1S/C16H13Br/c1-2-11-3-7-15-12(9-11)4-5-13-10-14(17)6-8-16(13)15/h3-10H,2H2,1H3. The molecule has 84 valence electrons. The lowest BCUT2D eigenvalue weighted by atomic mass is 10.00. The first-order valence-electron chi connectivity index (χ1n) is 5.89. The molecule has 0 aliphatic carbocycles. The van der Waals surface area contributed by atoms with Crippen molar-refractivity contribution in [1.82, 2.24) is 0 Å². The van der Waals surface area contributed by atoms with Gasteiger partial charge in [0.1, 0.15) is 0 Å². The quantitative estimate of drug-likeness (QED) is 0.531. The molecule has 3 aromatic carbocycles. The van der Waals surface area contributed by atoms with Crippen LogP contribution in [0.15, 0.2) is 53.0 Å². The maximum atomic E-state index is 3.52. The second-order valence-corrected chi connectivity index (χ2v) is 5.26. The van der Waals surface area contributed by atoms with Gasteiger partial charge in [0.25, 0.3) is 0 Å². The van der Waals surface area contributed by atoms with Crippen LogP contribution in [0.25, 0.3) is 21.5 Å². The molecule has 0 N–H and O–H groups in total. The summed E-state index contributed by atoms with van der Waals surface area (Å²) in [5.41, 5.74) is 1.40. The predicted molar refractivity (Wildman–Crippen MR) is 78.5 cm³/mol. The molecule has 0 bridgehead atoms. The normalized spacial score (nSPS) is 11.2. The summed E-state index contributed by atoms with van der Waals surface area (Å²) >= 11 is 3.52. The first-order valence-corrected chi connectivity index (χ1v) is 6.68. The lowest BCUT2D eigenvalue weighted by molar-refractivity contribution is 1.15. The molecule has 0 nitrogen and oxygen atoms in total. The highest BCUT2D eigenvalue weighted by Crippen LogP contribution is 2.28. The SMILES string of the molecule is CCc1ccc2c(ccc3cc(Br)ccc32)c1. The average Bonchev–Trinajstić information content (AvgIpc) is 2.37. The van der Waals surface area contributed by atoms with Crippen LogP contribution in [0.5, 0.6) is 0 Å². The average molecular weight is 285 g/mol. The second-order valence-electron chi connectivity index (χ2n) is 4.34. The molecule has 0 aliphatic heterocycles. The summed E-state index contributed by atoms with van der Waals surface area (Å²) in [6, 6.07) is 17.6. The molecule has 0 aliphatic rings. The molecule has 1 heteroatoms. The Bertz CT molecular complexity index is 698. The molecule has 3 aromatic rings. The molecule has 0 saturated heterocycles. The minimum absolute atomic E-state index is 1.09. The summed E-state index contributed by atoms with van der Waals surface area (Å²) in [6.07, 6.45) is 1.09. The zero-order valence-corrected chi connectivity index (χ0v) is 11.3. The Hall–Kier alpha value is -1.34. The van der Waals surface area contributed by atoms with Crippen LogP contribution < -0.4 is 0 Å². The fraction of sp³-hybridized carbons (Fsp3) is 0.125. The highest BCUT2D eigenvalue weighted by molar-refractivity contribution is 9.10. The van der Waals surface area contributed by atoms with E-state index in [4.69, 9.17) is 0 Å². The van der Waals surface area contributed by atoms with Gasteiger partial charge in [0, 0.05) is 4.47 Å². The molecule has 0 heterocycles. The van der Waals surface area contributed by atoms with Gasteiger partial charge < -0.3 is 0 Å². The van der Waals surface area contributed by atoms with Gasteiger partial charge in [-0.3, -0.25) is 0 Å². The van der Waals surface area contributed by atoms with Gasteiger partial charge in [-0.15, -0.1) is 0 Å². The number of hydrogen-bond acceptors (Lipinski definition) is 0. The Labute approximate surface area is 109 Å². The number of aryl methyl sites for hydroxylation is 1. The minimum Gasteiger partial charge on any atom is -0.0613 e. The fourth-order valence-corrected chi connectivity index (χ4v) is 2.69. The van der Waals surface area contributed by atoms with Crippen molar-refractivity contribution < 1.29 is 0 Å². The van der Waals surface area contributed by atoms with E-state index in [1.54, 1.807) is 0 Å². The van der Waals surface area contributed by atoms with Gasteiger partial charge in [-0.2, -0.15) is 0 Å². The summed E-state index contributed by atoms with van der Waals surface area (Å²) in [5.74, 6) is 0. The highest BCUT2D eigenvalue weighted by Gasteiger charge is 2.01. The van der Waals surface area contributed by atoms with Crippen molar-refractivity contribution in [3.8, 4) is 0 Å². The number of hydrogen-bond donors (Lipinski definition) is 0. The van der Waals surface area contributed by atoms with E-state index in [2.05, 4.69) is 71.4 Å². The van der Waals surface area contributed by atoms with Crippen LogP contribution in [0.4, 0.5) is 0 Å². The highest BCUT2D eigenvalue weighted by atomic mass is 79.9. The maximum Gasteiger partial charge on any atom is 0.0181 e. The molecular weight excluding hydrogens is 272 g/mol.